The van der Waals surface area contributed by atoms with Crippen molar-refractivity contribution in [2.75, 3.05) is 0 Å². The number of hydrogen-bond acceptors (Lipinski definition) is 1. The summed E-state index contributed by atoms with van der Waals surface area (Å²) in [6, 6.07) is 2.02. The van der Waals surface area contributed by atoms with Crippen molar-refractivity contribution in [1.29, 1.82) is 0 Å². The predicted octanol–water partition coefficient (Wildman–Crippen LogP) is 1.56. The van der Waals surface area contributed by atoms with Gasteiger partial charge in [0, 0.05) is 11.8 Å². The third-order valence-corrected chi connectivity index (χ3v) is 2.27. The molecule has 1 aliphatic carbocycles. The van der Waals surface area contributed by atoms with Gasteiger partial charge >= 0.3 is 0 Å². The fraction of sp³-hybridized carbons (Fsp3) is 0.444. The zero-order valence-corrected chi connectivity index (χ0v) is 6.55. The molecule has 0 unspecified atom stereocenters. The summed E-state index contributed by atoms with van der Waals surface area (Å²) in [6.45, 7) is 1.90. The van der Waals surface area contributed by atoms with Gasteiger partial charge in [-0.1, -0.05) is 0 Å². The standard InChI is InChI=1S/C9H11NO/c1-6-8(7-2-3-7)4-5-10-9(6)11/h4-5,7H,2-3H2,1H3,(H,10,11). The largest absolute Gasteiger partial charge is 0.329 e. The van der Waals surface area contributed by atoms with E-state index in [4.69, 9.17) is 0 Å². The number of rotatable bonds is 1. The molecule has 0 spiro atoms. The highest BCUT2D eigenvalue weighted by molar-refractivity contribution is 5.29. The maximum Gasteiger partial charge on any atom is 0.251 e. The van der Waals surface area contributed by atoms with Crippen LogP contribution >= 0.6 is 0 Å². The molecule has 1 aromatic rings. The van der Waals surface area contributed by atoms with Gasteiger partial charge in [-0.2, -0.15) is 0 Å². The van der Waals surface area contributed by atoms with Gasteiger partial charge in [-0.3, -0.25) is 4.79 Å². The van der Waals surface area contributed by atoms with E-state index in [9.17, 15) is 4.79 Å². The zero-order valence-electron chi connectivity index (χ0n) is 6.55. The number of nitrogens with one attached hydrogen (secondary N) is 1. The molecule has 2 nitrogen and oxygen atoms in total. The zero-order chi connectivity index (χ0) is 7.84. The first-order chi connectivity index (χ1) is 5.29. The van der Waals surface area contributed by atoms with Gasteiger partial charge in [0.05, 0.1) is 0 Å². The number of aromatic amines is 1. The van der Waals surface area contributed by atoms with Crippen molar-refractivity contribution < 1.29 is 0 Å². The van der Waals surface area contributed by atoms with Crippen LogP contribution in [0.2, 0.25) is 0 Å². The van der Waals surface area contributed by atoms with Gasteiger partial charge in [0.1, 0.15) is 0 Å². The Morgan fingerprint density at radius 1 is 1.55 bits per heavy atom. The highest BCUT2D eigenvalue weighted by Gasteiger charge is 2.25. The lowest BCUT2D eigenvalue weighted by Gasteiger charge is -1.99. The Hall–Kier alpha value is -1.05. The average molecular weight is 149 g/mol. The second-order valence-corrected chi connectivity index (χ2v) is 3.16. The molecular formula is C9H11NO. The Morgan fingerprint density at radius 3 is 2.91 bits per heavy atom. The van der Waals surface area contributed by atoms with Crippen LogP contribution in [0.15, 0.2) is 17.1 Å². The van der Waals surface area contributed by atoms with Gasteiger partial charge in [0.15, 0.2) is 0 Å². The van der Waals surface area contributed by atoms with Crippen molar-refractivity contribution in [1.82, 2.24) is 4.98 Å². The van der Waals surface area contributed by atoms with Crippen molar-refractivity contribution in [2.45, 2.75) is 25.7 Å². The molecule has 1 N–H and O–H groups in total. The molecule has 1 fully saturated rings. The summed E-state index contributed by atoms with van der Waals surface area (Å²) in [5.41, 5.74) is 2.21. The fourth-order valence-electron chi connectivity index (χ4n) is 1.41. The number of aromatic nitrogens is 1. The molecule has 1 heterocycles. The van der Waals surface area contributed by atoms with Crippen LogP contribution in [0.5, 0.6) is 0 Å². The first-order valence-corrected chi connectivity index (χ1v) is 3.97. The minimum Gasteiger partial charge on any atom is -0.329 e. The third-order valence-electron chi connectivity index (χ3n) is 2.27. The lowest BCUT2D eigenvalue weighted by molar-refractivity contribution is 1.04. The van der Waals surface area contributed by atoms with Crippen LogP contribution in [-0.2, 0) is 0 Å². The van der Waals surface area contributed by atoms with Crippen LogP contribution in [0.25, 0.3) is 0 Å². The molecule has 0 atom stereocenters. The maximum atomic E-state index is 11.1. The molecule has 0 amide bonds. The topological polar surface area (TPSA) is 32.9 Å². The minimum atomic E-state index is 0.0643. The molecule has 2 heteroatoms. The van der Waals surface area contributed by atoms with Gasteiger partial charge in [0.2, 0.25) is 0 Å². The quantitative estimate of drug-likeness (QED) is 0.645. The Balaban J connectivity index is 2.54. The van der Waals surface area contributed by atoms with Crippen LogP contribution in [0.3, 0.4) is 0 Å². The van der Waals surface area contributed by atoms with Crippen LogP contribution in [0.4, 0.5) is 0 Å². The van der Waals surface area contributed by atoms with Gasteiger partial charge < -0.3 is 4.98 Å². The van der Waals surface area contributed by atoms with Crippen LogP contribution < -0.4 is 5.56 Å². The van der Waals surface area contributed by atoms with Crippen molar-refractivity contribution in [2.24, 2.45) is 0 Å². The highest BCUT2D eigenvalue weighted by atomic mass is 16.1. The highest BCUT2D eigenvalue weighted by Crippen LogP contribution is 2.40. The van der Waals surface area contributed by atoms with Crippen LogP contribution in [-0.4, -0.2) is 4.98 Å². The van der Waals surface area contributed by atoms with E-state index in [-0.39, 0.29) is 5.56 Å². The summed E-state index contributed by atoms with van der Waals surface area (Å²) < 4.78 is 0. The molecule has 1 aromatic heterocycles. The van der Waals surface area contributed by atoms with E-state index in [0.717, 1.165) is 5.56 Å². The van der Waals surface area contributed by atoms with Crippen molar-refractivity contribution >= 4 is 0 Å². The SMILES string of the molecule is Cc1c(C2CC2)cc[nH]c1=O. The predicted molar refractivity (Wildman–Crippen MR) is 43.8 cm³/mol. The molecule has 0 bridgehead atoms. The molecule has 0 saturated heterocycles. The monoisotopic (exact) mass is 149 g/mol. The maximum absolute atomic E-state index is 11.1. The van der Waals surface area contributed by atoms with Gasteiger partial charge in [-0.25, -0.2) is 0 Å². The molecule has 11 heavy (non-hydrogen) atoms. The summed E-state index contributed by atoms with van der Waals surface area (Å²) in [5, 5.41) is 0. The average Bonchev–Trinajstić information content (AvgIpc) is 2.77. The van der Waals surface area contributed by atoms with E-state index in [0.29, 0.717) is 5.92 Å². The third kappa shape index (κ3) is 1.09. The van der Waals surface area contributed by atoms with E-state index < -0.39 is 0 Å². The van der Waals surface area contributed by atoms with Gasteiger partial charge in [-0.15, -0.1) is 0 Å². The first-order valence-electron chi connectivity index (χ1n) is 3.97. The summed E-state index contributed by atoms with van der Waals surface area (Å²) in [6.07, 6.45) is 4.25. The lowest BCUT2D eigenvalue weighted by Crippen LogP contribution is -2.10. The van der Waals surface area contributed by atoms with E-state index in [1.54, 1.807) is 6.20 Å². The summed E-state index contributed by atoms with van der Waals surface area (Å²) in [5.74, 6) is 0.678. The molecule has 1 aliphatic rings. The molecule has 1 saturated carbocycles. The van der Waals surface area contributed by atoms with Gasteiger partial charge in [0.25, 0.3) is 5.56 Å². The molecule has 58 valence electrons. The van der Waals surface area contributed by atoms with E-state index in [2.05, 4.69) is 4.98 Å². The van der Waals surface area contributed by atoms with E-state index >= 15 is 0 Å². The van der Waals surface area contributed by atoms with Crippen LogP contribution in [0, 0.1) is 6.92 Å². The Labute approximate surface area is 65.3 Å². The Bertz CT molecular complexity index is 323. The minimum absolute atomic E-state index is 0.0643. The summed E-state index contributed by atoms with van der Waals surface area (Å²) >= 11 is 0. The van der Waals surface area contributed by atoms with Crippen molar-refractivity contribution in [3.8, 4) is 0 Å². The van der Waals surface area contributed by atoms with Gasteiger partial charge in [-0.05, 0) is 37.3 Å². The van der Waals surface area contributed by atoms with Crippen molar-refractivity contribution in [3.05, 3.63) is 33.7 Å². The number of hydrogen-bond donors (Lipinski definition) is 1. The van der Waals surface area contributed by atoms with E-state index in [1.165, 1.54) is 18.4 Å². The van der Waals surface area contributed by atoms with E-state index in [1.807, 2.05) is 13.0 Å². The smallest absolute Gasteiger partial charge is 0.251 e. The van der Waals surface area contributed by atoms with Crippen molar-refractivity contribution in [3.63, 3.8) is 0 Å². The fourth-order valence-corrected chi connectivity index (χ4v) is 1.41. The number of pyridine rings is 1. The number of H-pyrrole nitrogens is 1. The lowest BCUT2D eigenvalue weighted by atomic mass is 10.1. The van der Waals surface area contributed by atoms with Crippen LogP contribution in [0.1, 0.15) is 29.9 Å². The Morgan fingerprint density at radius 2 is 2.27 bits per heavy atom. The molecular weight excluding hydrogens is 138 g/mol. The first kappa shape index (κ1) is 6.65. The molecule has 0 aromatic carbocycles. The summed E-state index contributed by atoms with van der Waals surface area (Å²) in [4.78, 5) is 13.8. The molecule has 2 rings (SSSR count). The normalized spacial score (nSPS) is 16.8. The summed E-state index contributed by atoms with van der Waals surface area (Å²) in [7, 11) is 0. The second kappa shape index (κ2) is 2.22. The second-order valence-electron chi connectivity index (χ2n) is 3.16. The Kier molecular flexibility index (Phi) is 1.34. The molecule has 0 radical (unpaired) electrons. The molecule has 0 aliphatic heterocycles.